The third-order valence-electron chi connectivity index (χ3n) is 3.83. The van der Waals surface area contributed by atoms with E-state index in [1.165, 1.54) is 6.42 Å². The number of likely N-dealkylation sites (tertiary alicyclic amines) is 1. The number of methoxy groups -OCH3 is 1. The Hall–Kier alpha value is -1.75. The van der Waals surface area contributed by atoms with Crippen molar-refractivity contribution < 1.29 is 9.53 Å². The summed E-state index contributed by atoms with van der Waals surface area (Å²) >= 11 is 0. The van der Waals surface area contributed by atoms with E-state index >= 15 is 0 Å². The van der Waals surface area contributed by atoms with E-state index < -0.39 is 0 Å². The van der Waals surface area contributed by atoms with E-state index in [1.807, 2.05) is 34.1 Å². The zero-order chi connectivity index (χ0) is 15.1. The second kappa shape index (κ2) is 7.88. The summed E-state index contributed by atoms with van der Waals surface area (Å²) in [6.07, 6.45) is 4.21. The van der Waals surface area contributed by atoms with Crippen LogP contribution in [0.2, 0.25) is 0 Å². The highest BCUT2D eigenvalue weighted by Gasteiger charge is 2.23. The van der Waals surface area contributed by atoms with Gasteiger partial charge < -0.3 is 15.4 Å². The Balaban J connectivity index is 2.13. The number of urea groups is 1. The highest BCUT2D eigenvalue weighted by atomic mass is 16.5. The van der Waals surface area contributed by atoms with E-state index in [1.54, 1.807) is 7.11 Å². The summed E-state index contributed by atoms with van der Waals surface area (Å²) in [4.78, 5) is 16.5. The predicted molar refractivity (Wildman–Crippen MR) is 84.8 cm³/mol. The molecular formula is C16H25N3O2. The maximum atomic E-state index is 12.7. The monoisotopic (exact) mass is 291 g/mol. The molecule has 1 heterocycles. The molecule has 0 aliphatic carbocycles. The average Bonchev–Trinajstić information content (AvgIpc) is 2.56. The van der Waals surface area contributed by atoms with Gasteiger partial charge in [-0.2, -0.15) is 0 Å². The van der Waals surface area contributed by atoms with Gasteiger partial charge in [0, 0.05) is 25.3 Å². The smallest absolute Gasteiger partial charge is 0.324 e. The van der Waals surface area contributed by atoms with E-state index in [0.717, 1.165) is 43.8 Å². The Kier molecular flexibility index (Phi) is 5.87. The number of anilines is 1. The van der Waals surface area contributed by atoms with Gasteiger partial charge in [0.25, 0.3) is 0 Å². The molecule has 5 heteroatoms. The number of hydrogen-bond donors (Lipinski definition) is 1. The zero-order valence-electron chi connectivity index (χ0n) is 12.8. The molecule has 0 spiro atoms. The molecule has 0 radical (unpaired) electrons. The lowest BCUT2D eigenvalue weighted by Crippen LogP contribution is -2.46. The predicted octanol–water partition coefficient (Wildman–Crippen LogP) is 2.46. The van der Waals surface area contributed by atoms with Crippen LogP contribution in [-0.2, 0) is 0 Å². The normalized spacial score (nSPS) is 14.9. The van der Waals surface area contributed by atoms with Crippen LogP contribution in [0.4, 0.5) is 10.5 Å². The number of nitrogens with zero attached hydrogens (tertiary/aromatic N) is 2. The molecule has 1 aromatic carbocycles. The van der Waals surface area contributed by atoms with Crippen molar-refractivity contribution in [2.45, 2.75) is 25.7 Å². The fraction of sp³-hybridized carbons (Fsp3) is 0.562. The molecule has 1 fully saturated rings. The molecule has 1 saturated heterocycles. The number of rotatable bonds is 5. The Morgan fingerprint density at radius 2 is 1.90 bits per heavy atom. The molecule has 0 aromatic heterocycles. The third kappa shape index (κ3) is 4.11. The number of benzene rings is 1. The van der Waals surface area contributed by atoms with Crippen molar-refractivity contribution in [1.82, 2.24) is 4.90 Å². The minimum absolute atomic E-state index is 0.0910. The van der Waals surface area contributed by atoms with Gasteiger partial charge in [0.15, 0.2) is 0 Å². The Bertz CT molecular complexity index is 441. The van der Waals surface area contributed by atoms with Crippen LogP contribution in [0.5, 0.6) is 5.75 Å². The molecule has 2 rings (SSSR count). The van der Waals surface area contributed by atoms with Crippen LogP contribution in [0.3, 0.4) is 0 Å². The molecule has 2 amide bonds. The first kappa shape index (κ1) is 15.6. The van der Waals surface area contributed by atoms with Crippen LogP contribution in [0.25, 0.3) is 0 Å². The van der Waals surface area contributed by atoms with Crippen LogP contribution in [-0.4, -0.2) is 44.2 Å². The molecule has 0 saturated carbocycles. The number of carbonyl (C=O) groups excluding carboxylic acids is 1. The molecule has 0 unspecified atom stereocenters. The summed E-state index contributed by atoms with van der Waals surface area (Å²) in [5, 5.41) is 0. The number of nitrogens with two attached hydrogens (primary N) is 1. The number of ether oxygens (including phenoxy) is 1. The standard InChI is InChI=1S/C16H25N3O2/c1-21-15-8-6-14(7-9-15)19(13-5-10-17)16(20)18-11-3-2-4-12-18/h6-9H,2-5,10-13,17H2,1H3. The number of hydrogen-bond acceptors (Lipinski definition) is 3. The summed E-state index contributed by atoms with van der Waals surface area (Å²) in [5.41, 5.74) is 6.51. The van der Waals surface area contributed by atoms with Crippen LogP contribution in [0.1, 0.15) is 25.7 Å². The number of piperidine rings is 1. The summed E-state index contributed by atoms with van der Waals surface area (Å²) in [6.45, 7) is 2.94. The summed E-state index contributed by atoms with van der Waals surface area (Å²) in [6, 6.07) is 7.71. The molecule has 5 nitrogen and oxygen atoms in total. The van der Waals surface area contributed by atoms with Gasteiger partial charge >= 0.3 is 6.03 Å². The van der Waals surface area contributed by atoms with Gasteiger partial charge in [-0.05, 0) is 56.5 Å². The van der Waals surface area contributed by atoms with Crippen molar-refractivity contribution in [3.8, 4) is 5.75 Å². The highest BCUT2D eigenvalue weighted by molar-refractivity contribution is 5.92. The lowest BCUT2D eigenvalue weighted by molar-refractivity contribution is 0.193. The Morgan fingerprint density at radius 3 is 2.48 bits per heavy atom. The molecule has 1 aliphatic heterocycles. The summed E-state index contributed by atoms with van der Waals surface area (Å²) in [5.74, 6) is 0.794. The van der Waals surface area contributed by atoms with Gasteiger partial charge in [0.1, 0.15) is 5.75 Å². The minimum Gasteiger partial charge on any atom is -0.497 e. The first-order valence-corrected chi connectivity index (χ1v) is 7.67. The van der Waals surface area contributed by atoms with Crippen molar-refractivity contribution in [2.24, 2.45) is 5.73 Å². The first-order chi connectivity index (χ1) is 10.3. The van der Waals surface area contributed by atoms with Gasteiger partial charge in [-0.1, -0.05) is 0 Å². The maximum Gasteiger partial charge on any atom is 0.324 e. The van der Waals surface area contributed by atoms with Gasteiger partial charge in [-0.15, -0.1) is 0 Å². The second-order valence-electron chi connectivity index (χ2n) is 5.32. The second-order valence-corrected chi connectivity index (χ2v) is 5.32. The van der Waals surface area contributed by atoms with Crippen molar-refractivity contribution in [1.29, 1.82) is 0 Å². The Morgan fingerprint density at radius 1 is 1.24 bits per heavy atom. The van der Waals surface area contributed by atoms with Crippen molar-refractivity contribution in [3.63, 3.8) is 0 Å². The van der Waals surface area contributed by atoms with Gasteiger partial charge in [0.05, 0.1) is 7.11 Å². The highest BCUT2D eigenvalue weighted by Crippen LogP contribution is 2.22. The van der Waals surface area contributed by atoms with E-state index in [2.05, 4.69) is 0 Å². The lowest BCUT2D eigenvalue weighted by atomic mass is 10.1. The van der Waals surface area contributed by atoms with Crippen LogP contribution in [0, 0.1) is 0 Å². The Labute approximate surface area is 126 Å². The van der Waals surface area contributed by atoms with Crippen LogP contribution < -0.4 is 15.4 Å². The molecule has 0 atom stereocenters. The van der Waals surface area contributed by atoms with Gasteiger partial charge in [-0.25, -0.2) is 4.79 Å². The molecule has 0 bridgehead atoms. The minimum atomic E-state index is 0.0910. The molecule has 1 aromatic rings. The molecule has 1 aliphatic rings. The summed E-state index contributed by atoms with van der Waals surface area (Å²) in [7, 11) is 1.64. The van der Waals surface area contributed by atoms with Crippen molar-refractivity contribution in [2.75, 3.05) is 38.2 Å². The van der Waals surface area contributed by atoms with Gasteiger partial charge in [0.2, 0.25) is 0 Å². The lowest BCUT2D eigenvalue weighted by Gasteiger charge is -2.33. The fourth-order valence-electron chi connectivity index (χ4n) is 2.60. The third-order valence-corrected chi connectivity index (χ3v) is 3.83. The molecule has 116 valence electrons. The van der Waals surface area contributed by atoms with E-state index in [0.29, 0.717) is 13.1 Å². The van der Waals surface area contributed by atoms with E-state index in [9.17, 15) is 4.79 Å². The summed E-state index contributed by atoms with van der Waals surface area (Å²) < 4.78 is 5.17. The van der Waals surface area contributed by atoms with E-state index in [-0.39, 0.29) is 6.03 Å². The van der Waals surface area contributed by atoms with Crippen molar-refractivity contribution >= 4 is 11.7 Å². The topological polar surface area (TPSA) is 58.8 Å². The maximum absolute atomic E-state index is 12.7. The first-order valence-electron chi connectivity index (χ1n) is 7.67. The van der Waals surface area contributed by atoms with Crippen molar-refractivity contribution in [3.05, 3.63) is 24.3 Å². The largest absolute Gasteiger partial charge is 0.497 e. The molecular weight excluding hydrogens is 266 g/mol. The quantitative estimate of drug-likeness (QED) is 0.906. The number of amides is 2. The van der Waals surface area contributed by atoms with Gasteiger partial charge in [-0.3, -0.25) is 4.90 Å². The fourth-order valence-corrected chi connectivity index (χ4v) is 2.60. The zero-order valence-corrected chi connectivity index (χ0v) is 12.8. The number of carbonyl (C=O) groups is 1. The average molecular weight is 291 g/mol. The SMILES string of the molecule is COc1ccc(N(CCCN)C(=O)N2CCCCC2)cc1. The van der Waals surface area contributed by atoms with Crippen LogP contribution in [0.15, 0.2) is 24.3 Å². The molecule has 2 N–H and O–H groups in total. The molecule has 21 heavy (non-hydrogen) atoms. The van der Waals surface area contributed by atoms with Crippen LogP contribution >= 0.6 is 0 Å². The van der Waals surface area contributed by atoms with E-state index in [4.69, 9.17) is 10.5 Å².